The summed E-state index contributed by atoms with van der Waals surface area (Å²) in [5.74, 6) is 0. The molecule has 0 fully saturated rings. The lowest BCUT2D eigenvalue weighted by atomic mass is 9.97. The van der Waals surface area contributed by atoms with E-state index in [1.807, 2.05) is 24.5 Å². The number of ether oxygens (including phenoxy) is 1. The van der Waals surface area contributed by atoms with Gasteiger partial charge in [-0.25, -0.2) is 4.57 Å². The highest BCUT2D eigenvalue weighted by molar-refractivity contribution is 6.02. The number of pyridine rings is 2. The third-order valence-electron chi connectivity index (χ3n) is 6.69. The molecule has 36 heavy (non-hydrogen) atoms. The Labute approximate surface area is 211 Å². The summed E-state index contributed by atoms with van der Waals surface area (Å²) in [5, 5.41) is 5.04. The number of aromatic nitrogens is 2. The van der Waals surface area contributed by atoms with Crippen LogP contribution in [0.15, 0.2) is 128 Å². The lowest BCUT2D eigenvalue weighted by Crippen LogP contribution is -2.32. The SMILES string of the molecule is c1ccc2c(COCc3ccc(C[n+]4ccc(-c5ccncc5)cc4)cc3)c3ccccc3cc2c1. The van der Waals surface area contributed by atoms with Crippen LogP contribution in [0.4, 0.5) is 0 Å². The van der Waals surface area contributed by atoms with Crippen LogP contribution in [0.2, 0.25) is 0 Å². The van der Waals surface area contributed by atoms with Gasteiger partial charge >= 0.3 is 0 Å². The zero-order chi connectivity index (χ0) is 24.2. The molecule has 0 aliphatic heterocycles. The first-order chi connectivity index (χ1) is 17.8. The zero-order valence-corrected chi connectivity index (χ0v) is 20.0. The van der Waals surface area contributed by atoms with Crippen LogP contribution in [-0.2, 0) is 24.5 Å². The van der Waals surface area contributed by atoms with Gasteiger partial charge in [-0.3, -0.25) is 4.98 Å². The predicted molar refractivity (Wildman–Crippen MR) is 145 cm³/mol. The average molecular weight is 468 g/mol. The second-order valence-electron chi connectivity index (χ2n) is 9.10. The summed E-state index contributed by atoms with van der Waals surface area (Å²) < 4.78 is 8.42. The van der Waals surface area contributed by atoms with Gasteiger partial charge in [-0.05, 0) is 62.0 Å². The summed E-state index contributed by atoms with van der Waals surface area (Å²) in [7, 11) is 0. The number of benzene rings is 4. The van der Waals surface area contributed by atoms with Crippen LogP contribution in [0.5, 0.6) is 0 Å². The van der Waals surface area contributed by atoms with Crippen LogP contribution >= 0.6 is 0 Å². The van der Waals surface area contributed by atoms with Crippen LogP contribution in [0.3, 0.4) is 0 Å². The van der Waals surface area contributed by atoms with Gasteiger partial charge in [-0.2, -0.15) is 0 Å². The molecule has 174 valence electrons. The fourth-order valence-electron chi connectivity index (χ4n) is 4.79. The first-order valence-corrected chi connectivity index (χ1v) is 12.3. The Bertz CT molecular complexity index is 1550. The molecule has 4 aromatic carbocycles. The topological polar surface area (TPSA) is 26.0 Å². The molecule has 0 saturated heterocycles. The Kier molecular flexibility index (Phi) is 6.22. The smallest absolute Gasteiger partial charge is 0.173 e. The van der Waals surface area contributed by atoms with Gasteiger partial charge in [0, 0.05) is 30.1 Å². The quantitative estimate of drug-likeness (QED) is 0.185. The Morgan fingerprint density at radius 1 is 0.583 bits per heavy atom. The van der Waals surface area contributed by atoms with Gasteiger partial charge in [-0.15, -0.1) is 0 Å². The molecule has 0 atom stereocenters. The molecule has 6 aromatic rings. The molecule has 0 bridgehead atoms. The fraction of sp³-hybridized carbons (Fsp3) is 0.0909. The normalized spacial score (nSPS) is 11.2. The van der Waals surface area contributed by atoms with E-state index in [0.29, 0.717) is 13.2 Å². The standard InChI is InChI=1S/C33H27N2O/c1-3-7-31-29(5-1)21-30-6-2-4-8-32(30)33(31)24-36-23-26-11-9-25(10-12-26)22-35-19-15-28(16-20-35)27-13-17-34-18-14-27/h1-21H,22-24H2/q+1. The molecule has 6 rings (SSSR count). The van der Waals surface area contributed by atoms with Crippen molar-refractivity contribution in [3.8, 4) is 11.1 Å². The van der Waals surface area contributed by atoms with Gasteiger partial charge in [0.1, 0.15) is 0 Å². The Balaban J connectivity index is 1.11. The molecule has 0 saturated carbocycles. The molecular formula is C33H27N2O+. The molecule has 0 unspecified atom stereocenters. The molecule has 0 radical (unpaired) electrons. The molecule has 0 N–H and O–H groups in total. The molecule has 0 amide bonds. The zero-order valence-electron chi connectivity index (χ0n) is 20.0. The first-order valence-electron chi connectivity index (χ1n) is 12.3. The van der Waals surface area contributed by atoms with Gasteiger partial charge in [-0.1, -0.05) is 72.8 Å². The Hall–Kier alpha value is -4.34. The summed E-state index contributed by atoms with van der Waals surface area (Å²) >= 11 is 0. The average Bonchev–Trinajstić information content (AvgIpc) is 2.94. The van der Waals surface area contributed by atoms with Crippen molar-refractivity contribution in [1.82, 2.24) is 4.98 Å². The number of nitrogens with zero attached hydrogens (tertiary/aromatic N) is 2. The van der Waals surface area contributed by atoms with Crippen molar-refractivity contribution < 1.29 is 9.30 Å². The highest BCUT2D eigenvalue weighted by Gasteiger charge is 2.09. The maximum absolute atomic E-state index is 6.23. The van der Waals surface area contributed by atoms with Crippen LogP contribution in [0.1, 0.15) is 16.7 Å². The Morgan fingerprint density at radius 2 is 1.17 bits per heavy atom. The van der Waals surface area contributed by atoms with Gasteiger partial charge in [0.05, 0.1) is 13.2 Å². The van der Waals surface area contributed by atoms with Gasteiger partial charge in [0.15, 0.2) is 18.9 Å². The lowest BCUT2D eigenvalue weighted by molar-refractivity contribution is -0.688. The number of hydrogen-bond acceptors (Lipinski definition) is 2. The van der Waals surface area contributed by atoms with Crippen LogP contribution in [0.25, 0.3) is 32.7 Å². The minimum Gasteiger partial charge on any atom is -0.372 e. The van der Waals surface area contributed by atoms with Gasteiger partial charge in [0.2, 0.25) is 0 Å². The second kappa shape index (κ2) is 10.1. The van der Waals surface area contributed by atoms with E-state index in [1.54, 1.807) is 0 Å². The predicted octanol–water partition coefficient (Wildman–Crippen LogP) is 7.11. The Morgan fingerprint density at radius 3 is 1.83 bits per heavy atom. The van der Waals surface area contributed by atoms with E-state index in [4.69, 9.17) is 4.74 Å². The number of rotatable bonds is 7. The van der Waals surface area contributed by atoms with Gasteiger partial charge in [0.25, 0.3) is 0 Å². The highest BCUT2D eigenvalue weighted by atomic mass is 16.5. The van der Waals surface area contributed by atoms with E-state index in [1.165, 1.54) is 49.4 Å². The molecule has 3 nitrogen and oxygen atoms in total. The summed E-state index contributed by atoms with van der Waals surface area (Å²) in [5.41, 5.74) is 6.08. The van der Waals surface area contributed by atoms with Crippen LogP contribution in [-0.4, -0.2) is 4.98 Å². The van der Waals surface area contributed by atoms with Crippen molar-refractivity contribution in [2.75, 3.05) is 0 Å². The minimum atomic E-state index is 0.587. The number of hydrogen-bond donors (Lipinski definition) is 0. The van der Waals surface area contributed by atoms with E-state index < -0.39 is 0 Å². The maximum Gasteiger partial charge on any atom is 0.173 e. The second-order valence-corrected chi connectivity index (χ2v) is 9.10. The molecule has 0 aliphatic rings. The molecule has 0 spiro atoms. The molecule has 2 aromatic heterocycles. The van der Waals surface area contributed by atoms with E-state index in [9.17, 15) is 0 Å². The summed E-state index contributed by atoms with van der Waals surface area (Å²) in [4.78, 5) is 4.10. The van der Waals surface area contributed by atoms with E-state index >= 15 is 0 Å². The van der Waals surface area contributed by atoms with Crippen molar-refractivity contribution in [3.05, 3.63) is 145 Å². The van der Waals surface area contributed by atoms with Gasteiger partial charge < -0.3 is 4.74 Å². The molecule has 2 heterocycles. The van der Waals surface area contributed by atoms with E-state index in [2.05, 4.69) is 113 Å². The molecule has 0 aliphatic carbocycles. The monoisotopic (exact) mass is 467 g/mol. The molecular weight excluding hydrogens is 440 g/mol. The van der Waals surface area contributed by atoms with Crippen molar-refractivity contribution in [2.45, 2.75) is 19.8 Å². The minimum absolute atomic E-state index is 0.587. The van der Waals surface area contributed by atoms with Crippen molar-refractivity contribution >= 4 is 21.5 Å². The van der Waals surface area contributed by atoms with Crippen LogP contribution < -0.4 is 4.57 Å². The van der Waals surface area contributed by atoms with Crippen molar-refractivity contribution in [2.24, 2.45) is 0 Å². The first kappa shape index (κ1) is 22.1. The van der Waals surface area contributed by atoms with Crippen molar-refractivity contribution in [1.29, 1.82) is 0 Å². The fourth-order valence-corrected chi connectivity index (χ4v) is 4.79. The maximum atomic E-state index is 6.23. The van der Waals surface area contributed by atoms with E-state index in [0.717, 1.165) is 6.54 Å². The summed E-state index contributed by atoms with van der Waals surface area (Å²) in [6.45, 7) is 2.01. The highest BCUT2D eigenvalue weighted by Crippen LogP contribution is 2.29. The number of fused-ring (bicyclic) bond motifs is 2. The van der Waals surface area contributed by atoms with Crippen LogP contribution in [0, 0.1) is 0 Å². The largest absolute Gasteiger partial charge is 0.372 e. The third kappa shape index (κ3) is 4.74. The molecule has 3 heteroatoms. The summed E-state index contributed by atoms with van der Waals surface area (Å²) in [6, 6.07) is 36.5. The van der Waals surface area contributed by atoms with Crippen molar-refractivity contribution in [3.63, 3.8) is 0 Å². The summed E-state index contributed by atoms with van der Waals surface area (Å²) in [6.07, 6.45) is 7.90. The third-order valence-corrected chi connectivity index (χ3v) is 6.69. The lowest BCUT2D eigenvalue weighted by Gasteiger charge is -2.12. The van der Waals surface area contributed by atoms with E-state index in [-0.39, 0.29) is 0 Å².